The highest BCUT2D eigenvalue weighted by atomic mass is 16.4. The number of carboxylic acids is 1. The quantitative estimate of drug-likeness (QED) is 0.768. The Kier molecular flexibility index (Phi) is 4.88. The van der Waals surface area contributed by atoms with Crippen LogP contribution in [0.4, 0.5) is 5.82 Å². The van der Waals surface area contributed by atoms with E-state index in [1.165, 1.54) is 6.20 Å². The summed E-state index contributed by atoms with van der Waals surface area (Å²) in [4.78, 5) is 10.4. The molecule has 0 amide bonds. The first kappa shape index (κ1) is 12.9. The van der Waals surface area contributed by atoms with Crippen LogP contribution in [0.5, 0.6) is 0 Å². The van der Waals surface area contributed by atoms with Crippen LogP contribution in [0.2, 0.25) is 0 Å². The highest BCUT2D eigenvalue weighted by Crippen LogP contribution is 2.11. The maximum Gasteiger partial charge on any atom is 0.303 e. The molecule has 0 saturated heterocycles. The number of nitrogens with one attached hydrogen (secondary N) is 1. The van der Waals surface area contributed by atoms with E-state index in [2.05, 4.69) is 15.5 Å². The van der Waals surface area contributed by atoms with Gasteiger partial charge < -0.3 is 10.4 Å². The van der Waals surface area contributed by atoms with Gasteiger partial charge in [-0.1, -0.05) is 6.92 Å². The summed E-state index contributed by atoms with van der Waals surface area (Å²) in [7, 11) is 0. The van der Waals surface area contributed by atoms with Crippen molar-refractivity contribution in [3.8, 4) is 6.07 Å². The summed E-state index contributed by atoms with van der Waals surface area (Å²) in [5.41, 5.74) is 0.436. The zero-order chi connectivity index (χ0) is 12.7. The SMILES string of the molecule is CC(CCC(=O)O)CNc1nnccc1C#N. The van der Waals surface area contributed by atoms with Crippen LogP contribution >= 0.6 is 0 Å². The van der Waals surface area contributed by atoms with Crippen LogP contribution in [-0.4, -0.2) is 27.8 Å². The average Bonchev–Trinajstić information content (AvgIpc) is 2.34. The summed E-state index contributed by atoms with van der Waals surface area (Å²) in [5.74, 6) is -0.161. The largest absolute Gasteiger partial charge is 0.481 e. The number of hydrogen-bond donors (Lipinski definition) is 2. The number of hydrogen-bond acceptors (Lipinski definition) is 5. The Morgan fingerprint density at radius 1 is 1.71 bits per heavy atom. The van der Waals surface area contributed by atoms with Gasteiger partial charge in [-0.2, -0.15) is 10.4 Å². The number of aliphatic carboxylic acids is 1. The molecule has 6 heteroatoms. The highest BCUT2D eigenvalue weighted by Gasteiger charge is 2.08. The molecule has 0 bridgehead atoms. The molecule has 0 aliphatic rings. The van der Waals surface area contributed by atoms with E-state index >= 15 is 0 Å². The first-order chi connectivity index (χ1) is 8.13. The number of rotatable bonds is 6. The molecule has 1 atom stereocenters. The molecule has 1 rings (SSSR count). The Morgan fingerprint density at radius 3 is 3.12 bits per heavy atom. The molecule has 0 aliphatic carbocycles. The molecule has 17 heavy (non-hydrogen) atoms. The van der Waals surface area contributed by atoms with E-state index in [1.807, 2.05) is 13.0 Å². The van der Waals surface area contributed by atoms with Crippen LogP contribution < -0.4 is 5.32 Å². The van der Waals surface area contributed by atoms with Gasteiger partial charge in [-0.15, -0.1) is 5.10 Å². The minimum Gasteiger partial charge on any atom is -0.481 e. The van der Waals surface area contributed by atoms with Crippen molar-refractivity contribution in [2.45, 2.75) is 19.8 Å². The molecule has 1 unspecified atom stereocenters. The number of carbonyl (C=O) groups is 1. The summed E-state index contributed by atoms with van der Waals surface area (Å²) >= 11 is 0. The molecule has 6 nitrogen and oxygen atoms in total. The van der Waals surface area contributed by atoms with Gasteiger partial charge in [0.25, 0.3) is 0 Å². The van der Waals surface area contributed by atoms with Crippen LogP contribution in [0.1, 0.15) is 25.3 Å². The fraction of sp³-hybridized carbons (Fsp3) is 0.455. The average molecular weight is 234 g/mol. The van der Waals surface area contributed by atoms with Crippen LogP contribution in [0.25, 0.3) is 0 Å². The van der Waals surface area contributed by atoms with Gasteiger partial charge in [0.1, 0.15) is 6.07 Å². The van der Waals surface area contributed by atoms with Gasteiger partial charge in [0, 0.05) is 13.0 Å². The second-order valence-electron chi connectivity index (χ2n) is 3.82. The van der Waals surface area contributed by atoms with Crippen molar-refractivity contribution in [2.75, 3.05) is 11.9 Å². The molecular formula is C11H14N4O2. The van der Waals surface area contributed by atoms with Crippen LogP contribution in [0.3, 0.4) is 0 Å². The van der Waals surface area contributed by atoms with Crippen molar-refractivity contribution >= 4 is 11.8 Å². The van der Waals surface area contributed by atoms with Crippen molar-refractivity contribution in [3.05, 3.63) is 17.8 Å². The second-order valence-corrected chi connectivity index (χ2v) is 3.82. The van der Waals surface area contributed by atoms with Gasteiger partial charge in [-0.3, -0.25) is 4.79 Å². The Labute approximate surface area is 99.3 Å². The molecular weight excluding hydrogens is 220 g/mol. The third kappa shape index (κ3) is 4.47. The van der Waals surface area contributed by atoms with E-state index in [0.717, 1.165) is 0 Å². The molecule has 1 heterocycles. The molecule has 0 aliphatic heterocycles. The van der Waals surface area contributed by atoms with Crippen LogP contribution in [-0.2, 0) is 4.79 Å². The predicted molar refractivity (Wildman–Crippen MR) is 61.3 cm³/mol. The van der Waals surface area contributed by atoms with E-state index < -0.39 is 5.97 Å². The van der Waals surface area contributed by atoms with Gasteiger partial charge in [-0.25, -0.2) is 0 Å². The lowest BCUT2D eigenvalue weighted by Gasteiger charge is -2.11. The summed E-state index contributed by atoms with van der Waals surface area (Å²) in [6.45, 7) is 2.51. The fourth-order valence-corrected chi connectivity index (χ4v) is 1.30. The molecule has 0 spiro atoms. The van der Waals surface area contributed by atoms with Crippen LogP contribution in [0.15, 0.2) is 12.3 Å². The summed E-state index contributed by atoms with van der Waals surface area (Å²) < 4.78 is 0. The van der Waals surface area contributed by atoms with Gasteiger partial charge in [0.05, 0.1) is 11.8 Å². The molecule has 90 valence electrons. The molecule has 0 aromatic carbocycles. The number of carboxylic acid groups (broad SMARTS) is 1. The lowest BCUT2D eigenvalue weighted by atomic mass is 10.1. The van der Waals surface area contributed by atoms with E-state index in [-0.39, 0.29) is 12.3 Å². The third-order valence-electron chi connectivity index (χ3n) is 2.31. The Bertz CT molecular complexity index is 428. The van der Waals surface area contributed by atoms with E-state index in [9.17, 15) is 4.79 Å². The molecule has 2 N–H and O–H groups in total. The highest BCUT2D eigenvalue weighted by molar-refractivity contribution is 5.66. The van der Waals surface area contributed by atoms with Gasteiger partial charge in [0.15, 0.2) is 5.82 Å². The number of anilines is 1. The summed E-state index contributed by atoms with van der Waals surface area (Å²) in [5, 5.41) is 27.9. The van der Waals surface area contributed by atoms with Crippen molar-refractivity contribution < 1.29 is 9.90 Å². The van der Waals surface area contributed by atoms with Crippen molar-refractivity contribution in [3.63, 3.8) is 0 Å². The Morgan fingerprint density at radius 2 is 2.47 bits per heavy atom. The molecule has 0 radical (unpaired) electrons. The minimum absolute atomic E-state index is 0.147. The van der Waals surface area contributed by atoms with Crippen LogP contribution in [0, 0.1) is 17.2 Å². The normalized spacial score (nSPS) is 11.5. The lowest BCUT2D eigenvalue weighted by molar-refractivity contribution is -0.137. The van der Waals surface area contributed by atoms with E-state index in [1.54, 1.807) is 6.07 Å². The Balaban J connectivity index is 2.45. The third-order valence-corrected chi connectivity index (χ3v) is 2.31. The standard InChI is InChI=1S/C11H14N4O2/c1-8(2-3-10(16)17)7-13-11-9(6-12)4-5-14-15-11/h4-5,8H,2-3,7H2,1H3,(H,13,15)(H,16,17). The maximum atomic E-state index is 10.4. The molecule has 0 fully saturated rings. The first-order valence-corrected chi connectivity index (χ1v) is 5.31. The van der Waals surface area contributed by atoms with Crippen molar-refractivity contribution in [2.24, 2.45) is 5.92 Å². The van der Waals surface area contributed by atoms with E-state index in [4.69, 9.17) is 10.4 Å². The van der Waals surface area contributed by atoms with Gasteiger partial charge in [-0.05, 0) is 18.4 Å². The zero-order valence-electron chi connectivity index (χ0n) is 9.55. The minimum atomic E-state index is -0.797. The first-order valence-electron chi connectivity index (χ1n) is 5.31. The van der Waals surface area contributed by atoms with Crippen molar-refractivity contribution in [1.29, 1.82) is 5.26 Å². The number of aromatic nitrogens is 2. The smallest absolute Gasteiger partial charge is 0.303 e. The molecule has 1 aromatic rings. The zero-order valence-corrected chi connectivity index (χ0v) is 9.55. The number of nitrogens with zero attached hydrogens (tertiary/aromatic N) is 3. The van der Waals surface area contributed by atoms with Gasteiger partial charge in [0.2, 0.25) is 0 Å². The maximum absolute atomic E-state index is 10.4. The lowest BCUT2D eigenvalue weighted by Crippen LogP contribution is -2.14. The summed E-state index contributed by atoms with van der Waals surface area (Å²) in [6, 6.07) is 3.59. The molecule has 0 saturated carbocycles. The second kappa shape index (κ2) is 6.43. The monoisotopic (exact) mass is 234 g/mol. The topological polar surface area (TPSA) is 98.9 Å². The van der Waals surface area contributed by atoms with Gasteiger partial charge >= 0.3 is 5.97 Å². The number of nitriles is 1. The van der Waals surface area contributed by atoms with E-state index in [0.29, 0.717) is 24.3 Å². The fourth-order valence-electron chi connectivity index (χ4n) is 1.30. The summed E-state index contributed by atoms with van der Waals surface area (Å²) in [6.07, 6.45) is 2.19. The van der Waals surface area contributed by atoms with Crippen molar-refractivity contribution in [1.82, 2.24) is 10.2 Å². The Hall–Kier alpha value is -2.16. The predicted octanol–water partition coefficient (Wildman–Crippen LogP) is 1.26. The molecule has 1 aromatic heterocycles.